The fourth-order valence-electron chi connectivity index (χ4n) is 1.61. The predicted octanol–water partition coefficient (Wildman–Crippen LogP) is 4.03. The van der Waals surface area contributed by atoms with E-state index in [0.29, 0.717) is 5.69 Å². The maximum absolute atomic E-state index is 11.9. The Morgan fingerprint density at radius 3 is 2.44 bits per heavy atom. The molecule has 0 unspecified atom stereocenters. The number of halogens is 2. The molecule has 0 saturated carbocycles. The number of carbonyl (C=O) groups excluding carboxylic acids is 1. The van der Waals surface area contributed by atoms with Crippen molar-refractivity contribution in [2.24, 2.45) is 0 Å². The minimum absolute atomic E-state index is 0.0346. The number of hydrogen-bond acceptors (Lipinski definition) is 1. The number of aromatic nitrogens is 1. The van der Waals surface area contributed by atoms with Gasteiger partial charge in [-0.05, 0) is 46.6 Å². The fourth-order valence-corrected chi connectivity index (χ4v) is 2.22. The quantitative estimate of drug-likeness (QED) is 0.840. The van der Waals surface area contributed by atoms with Crippen LogP contribution in [0.2, 0.25) is 0 Å². The van der Waals surface area contributed by atoms with Crippen molar-refractivity contribution in [3.05, 3.63) is 56.7 Å². The van der Waals surface area contributed by atoms with Crippen LogP contribution in [0.4, 0.5) is 0 Å². The van der Waals surface area contributed by atoms with Crippen molar-refractivity contribution in [2.75, 3.05) is 0 Å². The summed E-state index contributed by atoms with van der Waals surface area (Å²) < 4.78 is 1.89. The Morgan fingerprint density at radius 2 is 1.89 bits per heavy atom. The van der Waals surface area contributed by atoms with Gasteiger partial charge in [-0.1, -0.05) is 28.1 Å². The minimum atomic E-state index is -0.115. The molecule has 94 valence electrons. The standard InChI is InChI=1S/C13H12Br2N2O/c1-8(9-2-4-10(14)5-3-9)17-13(18)12-6-11(15)7-16-12/h2-8,16H,1H3,(H,17,18)/t8-/m1/s1. The lowest BCUT2D eigenvalue weighted by atomic mass is 10.1. The Morgan fingerprint density at radius 1 is 1.22 bits per heavy atom. The van der Waals surface area contributed by atoms with Crippen LogP contribution < -0.4 is 5.32 Å². The molecule has 0 saturated heterocycles. The lowest BCUT2D eigenvalue weighted by molar-refractivity contribution is 0.0935. The Hall–Kier alpha value is -1.07. The molecule has 2 rings (SSSR count). The van der Waals surface area contributed by atoms with Gasteiger partial charge in [-0.2, -0.15) is 0 Å². The molecule has 0 radical (unpaired) electrons. The van der Waals surface area contributed by atoms with Gasteiger partial charge < -0.3 is 10.3 Å². The summed E-state index contributed by atoms with van der Waals surface area (Å²) in [6, 6.07) is 9.61. The Labute approximate surface area is 122 Å². The summed E-state index contributed by atoms with van der Waals surface area (Å²) in [5.74, 6) is -0.115. The number of H-pyrrole nitrogens is 1. The smallest absolute Gasteiger partial charge is 0.268 e. The van der Waals surface area contributed by atoms with Crippen LogP contribution in [0.25, 0.3) is 0 Å². The van der Waals surface area contributed by atoms with Crippen LogP contribution in [0.3, 0.4) is 0 Å². The van der Waals surface area contributed by atoms with Crippen LogP contribution in [0, 0.1) is 0 Å². The Kier molecular flexibility index (Phi) is 4.24. The van der Waals surface area contributed by atoms with E-state index in [9.17, 15) is 4.79 Å². The second kappa shape index (κ2) is 5.71. The van der Waals surface area contributed by atoms with Gasteiger partial charge in [0.1, 0.15) is 5.69 Å². The van der Waals surface area contributed by atoms with E-state index in [0.717, 1.165) is 14.5 Å². The zero-order chi connectivity index (χ0) is 13.1. The number of aromatic amines is 1. The summed E-state index contributed by atoms with van der Waals surface area (Å²) in [5, 5.41) is 2.94. The highest BCUT2D eigenvalue weighted by Crippen LogP contribution is 2.17. The fraction of sp³-hybridized carbons (Fsp3) is 0.154. The molecular formula is C13H12Br2N2O. The Balaban J connectivity index is 2.05. The second-order valence-electron chi connectivity index (χ2n) is 3.98. The van der Waals surface area contributed by atoms with Gasteiger partial charge in [0.05, 0.1) is 6.04 Å². The van der Waals surface area contributed by atoms with E-state index < -0.39 is 0 Å². The number of carbonyl (C=O) groups is 1. The van der Waals surface area contributed by atoms with E-state index in [2.05, 4.69) is 42.2 Å². The van der Waals surface area contributed by atoms with Gasteiger partial charge in [0.25, 0.3) is 5.91 Å². The molecule has 1 aromatic carbocycles. The molecule has 1 amide bonds. The first kappa shape index (κ1) is 13.4. The second-order valence-corrected chi connectivity index (χ2v) is 5.81. The van der Waals surface area contributed by atoms with Crippen molar-refractivity contribution in [1.82, 2.24) is 10.3 Å². The van der Waals surface area contributed by atoms with Crippen LogP contribution in [-0.2, 0) is 0 Å². The highest BCUT2D eigenvalue weighted by atomic mass is 79.9. The predicted molar refractivity (Wildman–Crippen MR) is 78.5 cm³/mol. The largest absolute Gasteiger partial charge is 0.356 e. The molecule has 0 aliphatic heterocycles. The first-order valence-corrected chi connectivity index (χ1v) is 7.05. The van der Waals surface area contributed by atoms with Gasteiger partial charge in [0.15, 0.2) is 0 Å². The van der Waals surface area contributed by atoms with Gasteiger partial charge in [0, 0.05) is 15.1 Å². The Bertz CT molecular complexity index is 548. The molecule has 18 heavy (non-hydrogen) atoms. The van der Waals surface area contributed by atoms with Gasteiger partial charge in [-0.3, -0.25) is 4.79 Å². The maximum Gasteiger partial charge on any atom is 0.268 e. The lowest BCUT2D eigenvalue weighted by Crippen LogP contribution is -2.26. The van der Waals surface area contributed by atoms with Crippen LogP contribution in [0.1, 0.15) is 29.0 Å². The molecule has 5 heteroatoms. The summed E-state index contributed by atoms with van der Waals surface area (Å²) >= 11 is 6.69. The van der Waals surface area contributed by atoms with Crippen LogP contribution in [0.5, 0.6) is 0 Å². The van der Waals surface area contributed by atoms with E-state index in [1.54, 1.807) is 12.3 Å². The van der Waals surface area contributed by atoms with Crippen molar-refractivity contribution in [3.63, 3.8) is 0 Å². The van der Waals surface area contributed by atoms with E-state index in [1.807, 2.05) is 31.2 Å². The van der Waals surface area contributed by atoms with Gasteiger partial charge in [-0.25, -0.2) is 0 Å². The average molecular weight is 372 g/mol. The first-order chi connectivity index (χ1) is 8.56. The molecule has 3 nitrogen and oxygen atoms in total. The summed E-state index contributed by atoms with van der Waals surface area (Å²) in [4.78, 5) is 14.8. The monoisotopic (exact) mass is 370 g/mol. The third kappa shape index (κ3) is 3.23. The molecule has 2 N–H and O–H groups in total. The number of hydrogen-bond donors (Lipinski definition) is 2. The minimum Gasteiger partial charge on any atom is -0.356 e. The molecule has 0 bridgehead atoms. The summed E-state index contributed by atoms with van der Waals surface area (Å²) in [5.41, 5.74) is 1.61. The molecule has 2 aromatic rings. The lowest BCUT2D eigenvalue weighted by Gasteiger charge is -2.13. The number of benzene rings is 1. The van der Waals surface area contributed by atoms with Gasteiger partial charge >= 0.3 is 0 Å². The summed E-state index contributed by atoms with van der Waals surface area (Å²) in [6.07, 6.45) is 1.74. The highest BCUT2D eigenvalue weighted by molar-refractivity contribution is 9.10. The molecule has 0 aliphatic rings. The first-order valence-electron chi connectivity index (χ1n) is 5.46. The molecule has 1 heterocycles. The third-order valence-corrected chi connectivity index (χ3v) is 3.60. The van der Waals surface area contributed by atoms with Crippen LogP contribution in [-0.4, -0.2) is 10.9 Å². The van der Waals surface area contributed by atoms with Crippen LogP contribution >= 0.6 is 31.9 Å². The maximum atomic E-state index is 11.9. The van der Waals surface area contributed by atoms with Crippen molar-refractivity contribution in [3.8, 4) is 0 Å². The molecule has 0 spiro atoms. The van der Waals surface area contributed by atoms with Crippen molar-refractivity contribution in [2.45, 2.75) is 13.0 Å². The summed E-state index contributed by atoms with van der Waals surface area (Å²) in [6.45, 7) is 1.96. The zero-order valence-corrected chi connectivity index (χ0v) is 12.9. The summed E-state index contributed by atoms with van der Waals surface area (Å²) in [7, 11) is 0. The SMILES string of the molecule is C[C@@H](NC(=O)c1cc(Br)c[nH]1)c1ccc(Br)cc1. The number of nitrogens with one attached hydrogen (secondary N) is 2. The molecule has 0 fully saturated rings. The zero-order valence-electron chi connectivity index (χ0n) is 9.71. The molecule has 1 aromatic heterocycles. The van der Waals surface area contributed by atoms with E-state index in [4.69, 9.17) is 0 Å². The van der Waals surface area contributed by atoms with E-state index >= 15 is 0 Å². The van der Waals surface area contributed by atoms with Crippen LogP contribution in [0.15, 0.2) is 45.5 Å². The topological polar surface area (TPSA) is 44.9 Å². The van der Waals surface area contributed by atoms with Crippen molar-refractivity contribution < 1.29 is 4.79 Å². The van der Waals surface area contributed by atoms with Gasteiger partial charge in [-0.15, -0.1) is 0 Å². The molecule has 0 aliphatic carbocycles. The van der Waals surface area contributed by atoms with Gasteiger partial charge in [0.2, 0.25) is 0 Å². The number of amides is 1. The van der Waals surface area contributed by atoms with E-state index in [-0.39, 0.29) is 11.9 Å². The third-order valence-electron chi connectivity index (χ3n) is 2.61. The molecular weight excluding hydrogens is 360 g/mol. The normalized spacial score (nSPS) is 12.2. The number of rotatable bonds is 3. The van der Waals surface area contributed by atoms with Crippen molar-refractivity contribution in [1.29, 1.82) is 0 Å². The highest BCUT2D eigenvalue weighted by Gasteiger charge is 2.12. The van der Waals surface area contributed by atoms with E-state index in [1.165, 1.54) is 0 Å². The van der Waals surface area contributed by atoms with Crippen molar-refractivity contribution >= 4 is 37.8 Å². The average Bonchev–Trinajstić information content (AvgIpc) is 2.76. The molecule has 1 atom stereocenters.